The Kier molecular flexibility index (Phi) is 3.76. The van der Waals surface area contributed by atoms with Crippen molar-refractivity contribution >= 4 is 0 Å². The number of halogens is 1. The molecule has 0 saturated carbocycles. The molecule has 1 aromatic carbocycles. The van der Waals surface area contributed by atoms with Gasteiger partial charge in [0.25, 0.3) is 0 Å². The summed E-state index contributed by atoms with van der Waals surface area (Å²) >= 11 is 0. The van der Waals surface area contributed by atoms with Gasteiger partial charge in [0.05, 0.1) is 12.1 Å². The molecule has 17 heavy (non-hydrogen) atoms. The minimum absolute atomic E-state index is 0.0144. The molecule has 0 spiro atoms. The van der Waals surface area contributed by atoms with Crippen molar-refractivity contribution < 1.29 is 9.13 Å². The first kappa shape index (κ1) is 12.5. The Morgan fingerprint density at radius 2 is 2.29 bits per heavy atom. The summed E-state index contributed by atoms with van der Waals surface area (Å²) in [5.74, 6) is 5.80. The number of ether oxygens (including phenoxy) is 1. The quantitative estimate of drug-likeness (QED) is 0.626. The van der Waals surface area contributed by atoms with E-state index in [1.165, 1.54) is 12.1 Å². The van der Waals surface area contributed by atoms with Crippen LogP contribution in [0, 0.1) is 18.7 Å². The molecule has 3 atom stereocenters. The number of benzene rings is 1. The molecule has 0 radical (unpaired) electrons. The number of nitrogens with two attached hydrogens (primary N) is 1. The normalized spacial score (nSPS) is 26.1. The van der Waals surface area contributed by atoms with Crippen LogP contribution in [-0.2, 0) is 4.74 Å². The summed E-state index contributed by atoms with van der Waals surface area (Å²) in [4.78, 5) is 0. The zero-order chi connectivity index (χ0) is 12.4. The molecule has 2 rings (SSSR count). The van der Waals surface area contributed by atoms with Crippen LogP contribution in [0.25, 0.3) is 0 Å². The second kappa shape index (κ2) is 5.12. The SMILES string of the molecule is Cc1ccc(F)cc1C(NN)C1OCCC1C. The van der Waals surface area contributed by atoms with Crippen LogP contribution in [0.4, 0.5) is 4.39 Å². The van der Waals surface area contributed by atoms with E-state index in [4.69, 9.17) is 10.6 Å². The molecular weight excluding hydrogens is 219 g/mol. The first-order chi connectivity index (χ1) is 8.13. The van der Waals surface area contributed by atoms with Gasteiger partial charge in [-0.2, -0.15) is 0 Å². The molecule has 0 aliphatic carbocycles. The van der Waals surface area contributed by atoms with E-state index in [9.17, 15) is 4.39 Å². The second-order valence-electron chi connectivity index (χ2n) is 4.75. The van der Waals surface area contributed by atoms with Crippen molar-refractivity contribution in [3.8, 4) is 0 Å². The monoisotopic (exact) mass is 238 g/mol. The van der Waals surface area contributed by atoms with E-state index in [0.717, 1.165) is 24.2 Å². The fourth-order valence-corrected chi connectivity index (χ4v) is 2.45. The van der Waals surface area contributed by atoms with Crippen molar-refractivity contribution in [2.45, 2.75) is 32.4 Å². The van der Waals surface area contributed by atoms with Crippen molar-refractivity contribution in [2.24, 2.45) is 11.8 Å². The third-order valence-corrected chi connectivity index (χ3v) is 3.53. The van der Waals surface area contributed by atoms with E-state index in [1.54, 1.807) is 6.07 Å². The highest BCUT2D eigenvalue weighted by Gasteiger charge is 2.33. The van der Waals surface area contributed by atoms with Gasteiger partial charge in [-0.05, 0) is 42.5 Å². The highest BCUT2D eigenvalue weighted by Crippen LogP contribution is 2.32. The summed E-state index contributed by atoms with van der Waals surface area (Å²) in [6.45, 7) is 4.84. The van der Waals surface area contributed by atoms with Gasteiger partial charge in [0.1, 0.15) is 5.82 Å². The lowest BCUT2D eigenvalue weighted by Gasteiger charge is -2.27. The van der Waals surface area contributed by atoms with E-state index in [-0.39, 0.29) is 18.0 Å². The van der Waals surface area contributed by atoms with Crippen molar-refractivity contribution in [1.82, 2.24) is 5.43 Å². The maximum atomic E-state index is 13.3. The minimum Gasteiger partial charge on any atom is -0.376 e. The summed E-state index contributed by atoms with van der Waals surface area (Å²) in [6, 6.07) is 4.62. The number of nitrogens with one attached hydrogen (secondary N) is 1. The topological polar surface area (TPSA) is 47.3 Å². The van der Waals surface area contributed by atoms with Crippen LogP contribution >= 0.6 is 0 Å². The van der Waals surface area contributed by atoms with Crippen LogP contribution in [0.2, 0.25) is 0 Å². The van der Waals surface area contributed by atoms with Crippen LogP contribution in [0.3, 0.4) is 0 Å². The number of hydrogen-bond donors (Lipinski definition) is 2. The zero-order valence-corrected chi connectivity index (χ0v) is 10.2. The van der Waals surface area contributed by atoms with E-state index in [0.29, 0.717) is 5.92 Å². The van der Waals surface area contributed by atoms with Gasteiger partial charge in [0, 0.05) is 6.61 Å². The fraction of sp³-hybridized carbons (Fsp3) is 0.538. The summed E-state index contributed by atoms with van der Waals surface area (Å²) in [7, 11) is 0. The van der Waals surface area contributed by atoms with E-state index in [2.05, 4.69) is 12.3 Å². The molecule has 3 unspecified atom stereocenters. The molecule has 0 bridgehead atoms. The Morgan fingerprint density at radius 1 is 1.53 bits per heavy atom. The van der Waals surface area contributed by atoms with Gasteiger partial charge in [-0.25, -0.2) is 4.39 Å². The second-order valence-corrected chi connectivity index (χ2v) is 4.75. The minimum atomic E-state index is -0.239. The first-order valence-electron chi connectivity index (χ1n) is 5.97. The van der Waals surface area contributed by atoms with E-state index >= 15 is 0 Å². The van der Waals surface area contributed by atoms with Crippen molar-refractivity contribution in [2.75, 3.05) is 6.61 Å². The summed E-state index contributed by atoms with van der Waals surface area (Å²) in [5, 5.41) is 0. The molecule has 1 aliphatic heterocycles. The molecule has 0 aromatic heterocycles. The van der Waals surface area contributed by atoms with E-state index in [1.807, 2.05) is 6.92 Å². The predicted octanol–water partition coefficient (Wildman–Crippen LogP) is 2.06. The Balaban J connectivity index is 2.31. The van der Waals surface area contributed by atoms with Crippen molar-refractivity contribution in [3.63, 3.8) is 0 Å². The van der Waals surface area contributed by atoms with Crippen molar-refractivity contribution in [1.29, 1.82) is 0 Å². The van der Waals surface area contributed by atoms with E-state index < -0.39 is 0 Å². The molecule has 4 heteroatoms. The highest BCUT2D eigenvalue weighted by molar-refractivity contribution is 5.30. The lowest BCUT2D eigenvalue weighted by atomic mass is 9.90. The maximum Gasteiger partial charge on any atom is 0.123 e. The molecule has 1 fully saturated rings. The van der Waals surface area contributed by atoms with Crippen LogP contribution < -0.4 is 11.3 Å². The third-order valence-electron chi connectivity index (χ3n) is 3.53. The van der Waals surface area contributed by atoms with Crippen LogP contribution in [0.15, 0.2) is 18.2 Å². The fourth-order valence-electron chi connectivity index (χ4n) is 2.45. The standard InChI is InChI=1S/C13H19FN2O/c1-8-3-4-10(14)7-11(8)12(16-15)13-9(2)5-6-17-13/h3-4,7,9,12-13,16H,5-6,15H2,1-2H3. The molecule has 1 aliphatic rings. The smallest absolute Gasteiger partial charge is 0.123 e. The van der Waals surface area contributed by atoms with Gasteiger partial charge in [-0.1, -0.05) is 13.0 Å². The predicted molar refractivity (Wildman–Crippen MR) is 64.7 cm³/mol. The number of aryl methyl sites for hydroxylation is 1. The van der Waals surface area contributed by atoms with Gasteiger partial charge >= 0.3 is 0 Å². The molecule has 1 aromatic rings. The first-order valence-corrected chi connectivity index (χ1v) is 5.97. The summed E-state index contributed by atoms with van der Waals surface area (Å²) < 4.78 is 19.0. The number of hydrogen-bond acceptors (Lipinski definition) is 3. The van der Waals surface area contributed by atoms with Crippen molar-refractivity contribution in [3.05, 3.63) is 35.1 Å². The average molecular weight is 238 g/mol. The van der Waals surface area contributed by atoms with Gasteiger partial charge in [-0.15, -0.1) is 0 Å². The van der Waals surface area contributed by atoms with Gasteiger partial charge in [0.2, 0.25) is 0 Å². The molecular formula is C13H19FN2O. The molecule has 3 N–H and O–H groups in total. The zero-order valence-electron chi connectivity index (χ0n) is 10.2. The lowest BCUT2D eigenvalue weighted by Crippen LogP contribution is -2.39. The van der Waals surface area contributed by atoms with Crippen LogP contribution in [0.5, 0.6) is 0 Å². The number of rotatable bonds is 3. The average Bonchev–Trinajstić information content (AvgIpc) is 2.71. The highest BCUT2D eigenvalue weighted by atomic mass is 19.1. The van der Waals surface area contributed by atoms with Gasteiger partial charge < -0.3 is 4.74 Å². The maximum absolute atomic E-state index is 13.3. The Labute approximate surface area is 101 Å². The van der Waals surface area contributed by atoms with Gasteiger partial charge in [-0.3, -0.25) is 11.3 Å². The molecule has 1 heterocycles. The van der Waals surface area contributed by atoms with Crippen LogP contribution in [0.1, 0.15) is 30.5 Å². The van der Waals surface area contributed by atoms with Gasteiger partial charge in [0.15, 0.2) is 0 Å². The Hall–Kier alpha value is -0.970. The summed E-state index contributed by atoms with van der Waals surface area (Å²) in [5.41, 5.74) is 4.67. The molecule has 0 amide bonds. The molecule has 3 nitrogen and oxygen atoms in total. The lowest BCUT2D eigenvalue weighted by molar-refractivity contribution is 0.0604. The van der Waals surface area contributed by atoms with Crippen LogP contribution in [-0.4, -0.2) is 12.7 Å². The largest absolute Gasteiger partial charge is 0.376 e. The Morgan fingerprint density at radius 3 is 2.88 bits per heavy atom. The number of hydrazine groups is 1. The third kappa shape index (κ3) is 2.49. The Bertz CT molecular complexity index is 397. The molecule has 94 valence electrons. The summed E-state index contributed by atoms with van der Waals surface area (Å²) in [6.07, 6.45) is 1.04. The molecule has 1 saturated heterocycles.